The van der Waals surface area contributed by atoms with Gasteiger partial charge in [0.15, 0.2) is 0 Å². The van der Waals surface area contributed by atoms with Crippen LogP contribution in [0, 0.1) is 0 Å². The highest BCUT2D eigenvalue weighted by Gasteiger charge is 2.25. The Bertz CT molecular complexity index is 445. The third-order valence-corrected chi connectivity index (χ3v) is 4.12. The van der Waals surface area contributed by atoms with Crippen molar-refractivity contribution in [3.63, 3.8) is 0 Å². The number of carbonyl (C=O) groups excluding carboxylic acids is 1. The summed E-state index contributed by atoms with van der Waals surface area (Å²) < 4.78 is 1.15. The minimum absolute atomic E-state index is 0.0840. The quantitative estimate of drug-likeness (QED) is 0.898. The molecule has 0 saturated heterocycles. The van der Waals surface area contributed by atoms with E-state index >= 15 is 0 Å². The number of benzene rings is 1. The lowest BCUT2D eigenvalue weighted by atomic mass is 10.1. The van der Waals surface area contributed by atoms with Crippen LogP contribution in [0.2, 0.25) is 0 Å². The summed E-state index contributed by atoms with van der Waals surface area (Å²) in [6, 6.07) is 6.43. The van der Waals surface area contributed by atoms with Crippen LogP contribution in [0.5, 0.6) is 0 Å². The fourth-order valence-electron chi connectivity index (χ4n) is 2.38. The molecular formula is C14H19BrN2O. The zero-order chi connectivity index (χ0) is 13.1. The monoisotopic (exact) mass is 310 g/mol. The van der Waals surface area contributed by atoms with Crippen LogP contribution in [0.1, 0.15) is 43.4 Å². The van der Waals surface area contributed by atoms with Gasteiger partial charge in [-0.1, -0.05) is 28.1 Å². The Labute approximate surface area is 116 Å². The van der Waals surface area contributed by atoms with Gasteiger partial charge in [0.25, 0.3) is 0 Å². The second-order valence-corrected chi connectivity index (χ2v) is 5.84. The third-order valence-electron chi connectivity index (χ3n) is 3.38. The Morgan fingerprint density at radius 3 is 3.11 bits per heavy atom. The molecule has 1 aromatic carbocycles. The van der Waals surface area contributed by atoms with Crippen LogP contribution in [0.4, 0.5) is 0 Å². The minimum Gasteiger partial charge on any atom is -0.349 e. The average molecular weight is 311 g/mol. The standard InChI is InChI=1S/C14H19BrN2O/c1-9(16)5-8-14(18)17-13-7-6-10-11(13)3-2-4-12(10)15/h2-4,9,13H,5-8,16H2,1H3,(H,17,18). The molecule has 2 atom stereocenters. The van der Waals surface area contributed by atoms with E-state index in [0.717, 1.165) is 23.7 Å². The number of hydrogen-bond donors (Lipinski definition) is 2. The normalized spacial score (nSPS) is 19.4. The fraction of sp³-hybridized carbons (Fsp3) is 0.500. The molecule has 18 heavy (non-hydrogen) atoms. The molecule has 4 heteroatoms. The summed E-state index contributed by atoms with van der Waals surface area (Å²) in [4.78, 5) is 11.8. The lowest BCUT2D eigenvalue weighted by Crippen LogP contribution is -2.28. The predicted octanol–water partition coefficient (Wildman–Crippen LogP) is 2.68. The van der Waals surface area contributed by atoms with Crippen LogP contribution in [0.15, 0.2) is 22.7 Å². The highest BCUT2D eigenvalue weighted by molar-refractivity contribution is 9.10. The number of carbonyl (C=O) groups is 1. The minimum atomic E-state index is 0.0840. The molecule has 1 amide bonds. The van der Waals surface area contributed by atoms with Crippen molar-refractivity contribution in [2.24, 2.45) is 5.73 Å². The Hall–Kier alpha value is -0.870. The Morgan fingerprint density at radius 1 is 1.61 bits per heavy atom. The maximum atomic E-state index is 11.8. The van der Waals surface area contributed by atoms with E-state index in [9.17, 15) is 4.79 Å². The largest absolute Gasteiger partial charge is 0.349 e. The molecule has 1 aliphatic carbocycles. The molecule has 0 heterocycles. The summed E-state index contributed by atoms with van der Waals surface area (Å²) >= 11 is 3.56. The lowest BCUT2D eigenvalue weighted by Gasteiger charge is -2.15. The molecule has 0 saturated carbocycles. The lowest BCUT2D eigenvalue weighted by molar-refractivity contribution is -0.122. The first kappa shape index (κ1) is 13.6. The van der Waals surface area contributed by atoms with Crippen LogP contribution in [-0.2, 0) is 11.2 Å². The van der Waals surface area contributed by atoms with Crippen molar-refractivity contribution >= 4 is 21.8 Å². The van der Waals surface area contributed by atoms with Gasteiger partial charge in [-0.3, -0.25) is 4.79 Å². The molecule has 2 rings (SSSR count). The zero-order valence-corrected chi connectivity index (χ0v) is 12.2. The van der Waals surface area contributed by atoms with Gasteiger partial charge in [0.2, 0.25) is 5.91 Å². The summed E-state index contributed by atoms with van der Waals surface area (Å²) in [6.07, 6.45) is 3.26. The van der Waals surface area contributed by atoms with Crippen molar-refractivity contribution < 1.29 is 4.79 Å². The fourth-order valence-corrected chi connectivity index (χ4v) is 2.96. The van der Waals surface area contributed by atoms with Gasteiger partial charge in [-0.15, -0.1) is 0 Å². The molecule has 0 spiro atoms. The second-order valence-electron chi connectivity index (χ2n) is 4.98. The molecule has 0 aromatic heterocycles. The number of rotatable bonds is 4. The van der Waals surface area contributed by atoms with E-state index in [1.807, 2.05) is 13.0 Å². The molecule has 3 N–H and O–H groups in total. The second kappa shape index (κ2) is 5.85. The summed E-state index contributed by atoms with van der Waals surface area (Å²) in [5.74, 6) is 0.102. The molecule has 1 aliphatic rings. The van der Waals surface area contributed by atoms with Crippen LogP contribution < -0.4 is 11.1 Å². The maximum absolute atomic E-state index is 11.8. The van der Waals surface area contributed by atoms with Gasteiger partial charge in [-0.25, -0.2) is 0 Å². The van der Waals surface area contributed by atoms with Crippen LogP contribution in [0.25, 0.3) is 0 Å². The third kappa shape index (κ3) is 3.12. The first-order valence-electron chi connectivity index (χ1n) is 6.40. The number of nitrogens with one attached hydrogen (secondary N) is 1. The van der Waals surface area contributed by atoms with Crippen LogP contribution in [0.3, 0.4) is 0 Å². The molecular weight excluding hydrogens is 292 g/mol. The van der Waals surface area contributed by atoms with Gasteiger partial charge in [0, 0.05) is 16.9 Å². The Morgan fingerprint density at radius 2 is 2.39 bits per heavy atom. The zero-order valence-electron chi connectivity index (χ0n) is 10.6. The maximum Gasteiger partial charge on any atom is 0.220 e. The summed E-state index contributed by atoms with van der Waals surface area (Å²) in [6.45, 7) is 1.93. The molecule has 0 fully saturated rings. The van der Waals surface area contributed by atoms with E-state index in [4.69, 9.17) is 5.73 Å². The van der Waals surface area contributed by atoms with Gasteiger partial charge >= 0.3 is 0 Å². The number of fused-ring (bicyclic) bond motifs is 1. The molecule has 1 aromatic rings. The number of halogens is 1. The predicted molar refractivity (Wildman–Crippen MR) is 76.2 cm³/mol. The van der Waals surface area contributed by atoms with Crippen LogP contribution in [-0.4, -0.2) is 11.9 Å². The van der Waals surface area contributed by atoms with Crippen LogP contribution >= 0.6 is 15.9 Å². The molecule has 3 nitrogen and oxygen atoms in total. The van der Waals surface area contributed by atoms with E-state index in [1.165, 1.54) is 11.1 Å². The average Bonchev–Trinajstić information content (AvgIpc) is 2.72. The van der Waals surface area contributed by atoms with E-state index in [2.05, 4.69) is 33.4 Å². The summed E-state index contributed by atoms with van der Waals surface area (Å²) in [5, 5.41) is 3.10. The van der Waals surface area contributed by atoms with E-state index in [-0.39, 0.29) is 18.0 Å². The van der Waals surface area contributed by atoms with E-state index < -0.39 is 0 Å². The molecule has 2 unspecified atom stereocenters. The highest BCUT2D eigenvalue weighted by atomic mass is 79.9. The molecule has 0 bridgehead atoms. The highest BCUT2D eigenvalue weighted by Crippen LogP contribution is 2.35. The summed E-state index contributed by atoms with van der Waals surface area (Å²) in [7, 11) is 0. The van der Waals surface area contributed by atoms with Gasteiger partial charge < -0.3 is 11.1 Å². The van der Waals surface area contributed by atoms with Crippen molar-refractivity contribution in [3.8, 4) is 0 Å². The van der Waals surface area contributed by atoms with Gasteiger partial charge in [0.05, 0.1) is 6.04 Å². The number of hydrogen-bond acceptors (Lipinski definition) is 2. The first-order chi connectivity index (χ1) is 8.58. The van der Waals surface area contributed by atoms with Gasteiger partial charge in [0.1, 0.15) is 0 Å². The number of amides is 1. The van der Waals surface area contributed by atoms with Gasteiger partial charge in [-0.05, 0) is 43.4 Å². The van der Waals surface area contributed by atoms with E-state index in [0.29, 0.717) is 6.42 Å². The first-order valence-corrected chi connectivity index (χ1v) is 7.19. The van der Waals surface area contributed by atoms with Crippen molar-refractivity contribution in [2.75, 3.05) is 0 Å². The molecule has 0 radical (unpaired) electrons. The van der Waals surface area contributed by atoms with Crippen molar-refractivity contribution in [2.45, 2.75) is 44.7 Å². The van der Waals surface area contributed by atoms with Crippen molar-refractivity contribution in [3.05, 3.63) is 33.8 Å². The topological polar surface area (TPSA) is 55.1 Å². The Kier molecular flexibility index (Phi) is 4.40. The SMILES string of the molecule is CC(N)CCC(=O)NC1CCc2c(Br)cccc21. The smallest absolute Gasteiger partial charge is 0.220 e. The Balaban J connectivity index is 1.97. The van der Waals surface area contributed by atoms with Crippen molar-refractivity contribution in [1.82, 2.24) is 5.32 Å². The van der Waals surface area contributed by atoms with E-state index in [1.54, 1.807) is 0 Å². The van der Waals surface area contributed by atoms with Crippen molar-refractivity contribution in [1.29, 1.82) is 0 Å². The molecule has 98 valence electrons. The summed E-state index contributed by atoms with van der Waals surface area (Å²) in [5.41, 5.74) is 8.24. The van der Waals surface area contributed by atoms with Gasteiger partial charge in [-0.2, -0.15) is 0 Å². The number of nitrogens with two attached hydrogens (primary N) is 1. The molecule has 0 aliphatic heterocycles.